The van der Waals surface area contributed by atoms with Crippen LogP contribution >= 0.6 is 0 Å². The lowest BCUT2D eigenvalue weighted by Crippen LogP contribution is -2.26. The normalized spacial score (nSPS) is 23.3. The zero-order valence-electron chi connectivity index (χ0n) is 15.5. The molecule has 0 aromatic heterocycles. The minimum Gasteiger partial charge on any atom is -0.289 e. The summed E-state index contributed by atoms with van der Waals surface area (Å²) in [6, 6.07) is 0. The molecule has 0 spiro atoms. The highest BCUT2D eigenvalue weighted by molar-refractivity contribution is 6.18. The molecule has 0 radical (unpaired) electrons. The number of hydrogen-bond donors (Lipinski definition) is 0. The fraction of sp³-hybridized carbons (Fsp3) is 0.0952. The number of imide groups is 2. The summed E-state index contributed by atoms with van der Waals surface area (Å²) in [4.78, 5) is 58.9. The van der Waals surface area contributed by atoms with Crippen LogP contribution in [0.4, 0.5) is 0 Å². The van der Waals surface area contributed by atoms with Gasteiger partial charge in [0.25, 0.3) is 23.6 Å². The Bertz CT molecular complexity index is 1020. The van der Waals surface area contributed by atoms with E-state index in [9.17, 15) is 24.0 Å². The molecular formula is C21H14N4O5. The van der Waals surface area contributed by atoms with Crippen molar-refractivity contribution in [2.75, 3.05) is 0 Å². The average Bonchev–Trinajstić information content (AvgIpc) is 3.24. The number of allylic oxidation sites excluding steroid dienone is 8. The zero-order chi connectivity index (χ0) is 21.3. The van der Waals surface area contributed by atoms with Gasteiger partial charge in [0.05, 0.1) is 11.4 Å². The van der Waals surface area contributed by atoms with E-state index in [0.29, 0.717) is 35.4 Å². The maximum atomic E-state index is 12.7. The predicted molar refractivity (Wildman–Crippen MR) is 106 cm³/mol. The second-order valence-corrected chi connectivity index (χ2v) is 6.55. The van der Waals surface area contributed by atoms with E-state index in [1.54, 1.807) is 36.5 Å². The highest BCUT2D eigenvalue weighted by atomic mass is 16.2. The third-order valence-electron chi connectivity index (χ3n) is 4.53. The number of hydrazone groups is 2. The fourth-order valence-corrected chi connectivity index (χ4v) is 2.96. The van der Waals surface area contributed by atoms with Crippen LogP contribution < -0.4 is 0 Å². The number of nitrogens with zero attached hydrogens (tertiary/aromatic N) is 4. The third kappa shape index (κ3) is 3.68. The van der Waals surface area contributed by atoms with Crippen LogP contribution in [0.25, 0.3) is 0 Å². The summed E-state index contributed by atoms with van der Waals surface area (Å²) >= 11 is 0. The van der Waals surface area contributed by atoms with E-state index in [1.807, 2.05) is 0 Å². The van der Waals surface area contributed by atoms with E-state index < -0.39 is 23.6 Å². The Labute approximate surface area is 170 Å². The maximum Gasteiger partial charge on any atom is 0.274 e. The second kappa shape index (κ2) is 7.63. The average molecular weight is 402 g/mol. The highest BCUT2D eigenvalue weighted by Crippen LogP contribution is 2.19. The van der Waals surface area contributed by atoms with E-state index in [0.717, 1.165) is 34.3 Å². The van der Waals surface area contributed by atoms with Crippen molar-refractivity contribution in [2.45, 2.75) is 12.8 Å². The fourth-order valence-electron chi connectivity index (χ4n) is 2.96. The molecular weight excluding hydrogens is 388 g/mol. The SMILES string of the molecule is O=C(C1=CCC(=NN2C(=O)C=CC2=O)C=C1)C1=CCC(=NN2C(=O)C=CC2=O)C=C1. The second-order valence-electron chi connectivity index (χ2n) is 6.55. The van der Waals surface area contributed by atoms with Crippen LogP contribution in [0.15, 0.2) is 82.1 Å². The molecule has 9 heteroatoms. The van der Waals surface area contributed by atoms with Gasteiger partial charge in [-0.2, -0.15) is 20.2 Å². The van der Waals surface area contributed by atoms with Crippen LogP contribution in [0.1, 0.15) is 12.8 Å². The van der Waals surface area contributed by atoms with Crippen molar-refractivity contribution in [1.29, 1.82) is 0 Å². The summed E-state index contributed by atoms with van der Waals surface area (Å²) in [6.07, 6.45) is 14.9. The molecule has 0 bridgehead atoms. The highest BCUT2D eigenvalue weighted by Gasteiger charge is 2.25. The Balaban J connectivity index is 1.39. The summed E-state index contributed by atoms with van der Waals surface area (Å²) in [6.45, 7) is 0. The third-order valence-corrected chi connectivity index (χ3v) is 4.53. The molecule has 2 aliphatic carbocycles. The quantitative estimate of drug-likeness (QED) is 0.648. The van der Waals surface area contributed by atoms with Crippen LogP contribution in [0.5, 0.6) is 0 Å². The summed E-state index contributed by atoms with van der Waals surface area (Å²) < 4.78 is 0. The van der Waals surface area contributed by atoms with Crippen LogP contribution in [-0.2, 0) is 24.0 Å². The standard InChI is InChI=1S/C21H14N4O5/c26-17-9-10-18(27)24(17)22-15-5-1-13(2-6-15)21(30)14-3-7-16(8-4-14)23-25-19(28)11-12-20(25)29/h1-5,7,9-12H,6,8H2. The van der Waals surface area contributed by atoms with Gasteiger partial charge >= 0.3 is 0 Å². The Kier molecular flexibility index (Phi) is 4.85. The Morgan fingerprint density at radius 1 is 0.600 bits per heavy atom. The number of carbonyl (C=O) groups excluding carboxylic acids is 5. The van der Waals surface area contributed by atoms with Crippen molar-refractivity contribution in [3.63, 3.8) is 0 Å². The topological polar surface area (TPSA) is 117 Å². The van der Waals surface area contributed by atoms with Crippen molar-refractivity contribution in [1.82, 2.24) is 10.0 Å². The summed E-state index contributed by atoms with van der Waals surface area (Å²) in [5.74, 6) is -2.22. The molecule has 2 aliphatic heterocycles. The molecule has 0 unspecified atom stereocenters. The Morgan fingerprint density at radius 3 is 1.27 bits per heavy atom. The van der Waals surface area contributed by atoms with E-state index in [-0.39, 0.29) is 5.78 Å². The summed E-state index contributed by atoms with van der Waals surface area (Å²) in [5, 5.41) is 9.58. The molecule has 4 aliphatic rings. The van der Waals surface area contributed by atoms with Crippen molar-refractivity contribution in [3.8, 4) is 0 Å². The summed E-state index contributed by atoms with van der Waals surface area (Å²) in [7, 11) is 0. The molecule has 4 amide bonds. The maximum absolute atomic E-state index is 12.7. The molecule has 0 saturated carbocycles. The Morgan fingerprint density at radius 2 is 0.967 bits per heavy atom. The van der Waals surface area contributed by atoms with Gasteiger partial charge in [-0.15, -0.1) is 0 Å². The van der Waals surface area contributed by atoms with Gasteiger partial charge < -0.3 is 0 Å². The number of carbonyl (C=O) groups is 5. The lowest BCUT2D eigenvalue weighted by Gasteiger charge is -2.14. The van der Waals surface area contributed by atoms with E-state index in [1.165, 1.54) is 0 Å². The first-order chi connectivity index (χ1) is 14.4. The molecule has 0 saturated heterocycles. The van der Waals surface area contributed by atoms with E-state index in [4.69, 9.17) is 0 Å². The minimum atomic E-state index is -0.505. The Hall–Kier alpha value is -4.27. The van der Waals surface area contributed by atoms with Gasteiger partial charge in [-0.3, -0.25) is 24.0 Å². The molecule has 9 nitrogen and oxygen atoms in total. The zero-order valence-corrected chi connectivity index (χ0v) is 15.5. The first kappa shape index (κ1) is 19.1. The van der Waals surface area contributed by atoms with Crippen molar-refractivity contribution >= 4 is 40.8 Å². The molecule has 0 aromatic rings. The largest absolute Gasteiger partial charge is 0.289 e. The van der Waals surface area contributed by atoms with E-state index >= 15 is 0 Å². The molecule has 2 heterocycles. The van der Waals surface area contributed by atoms with Gasteiger partial charge in [0.2, 0.25) is 0 Å². The predicted octanol–water partition coefficient (Wildman–Crippen LogP) is 0.890. The van der Waals surface area contributed by atoms with Gasteiger partial charge in [-0.25, -0.2) is 0 Å². The van der Waals surface area contributed by atoms with Gasteiger partial charge in [-0.05, 0) is 24.3 Å². The number of ketones is 1. The lowest BCUT2D eigenvalue weighted by atomic mass is 9.94. The number of hydrogen-bond acceptors (Lipinski definition) is 7. The van der Waals surface area contributed by atoms with Gasteiger partial charge in [0.1, 0.15) is 0 Å². The first-order valence-corrected chi connectivity index (χ1v) is 9.01. The first-order valence-electron chi connectivity index (χ1n) is 9.01. The van der Waals surface area contributed by atoms with Gasteiger partial charge in [-0.1, -0.05) is 12.2 Å². The van der Waals surface area contributed by atoms with Crippen LogP contribution in [0.2, 0.25) is 0 Å². The molecule has 4 rings (SSSR count). The van der Waals surface area contributed by atoms with Crippen LogP contribution in [0.3, 0.4) is 0 Å². The van der Waals surface area contributed by atoms with Crippen molar-refractivity contribution in [2.24, 2.45) is 10.2 Å². The monoisotopic (exact) mass is 402 g/mol. The van der Waals surface area contributed by atoms with Crippen LogP contribution in [-0.4, -0.2) is 50.9 Å². The van der Waals surface area contributed by atoms with E-state index in [2.05, 4.69) is 10.2 Å². The van der Waals surface area contributed by atoms with Crippen LogP contribution in [0, 0.1) is 0 Å². The minimum absolute atomic E-state index is 0.203. The molecule has 0 N–H and O–H groups in total. The molecule has 0 atom stereocenters. The smallest absolute Gasteiger partial charge is 0.274 e. The molecule has 148 valence electrons. The van der Waals surface area contributed by atoms with Crippen molar-refractivity contribution < 1.29 is 24.0 Å². The van der Waals surface area contributed by atoms with Gasteiger partial charge in [0, 0.05) is 48.3 Å². The molecule has 30 heavy (non-hydrogen) atoms. The van der Waals surface area contributed by atoms with Gasteiger partial charge in [0.15, 0.2) is 5.78 Å². The molecule has 0 fully saturated rings. The number of Topliss-reactive ketones (excluding diaryl/α,β-unsaturated/α-hetero) is 1. The number of amides is 4. The number of rotatable bonds is 4. The summed E-state index contributed by atoms with van der Waals surface area (Å²) in [5.41, 5.74) is 1.87. The lowest BCUT2D eigenvalue weighted by molar-refractivity contribution is -0.138. The van der Waals surface area contributed by atoms with Crippen molar-refractivity contribution in [3.05, 3.63) is 71.9 Å². The molecule has 0 aromatic carbocycles.